The predicted molar refractivity (Wildman–Crippen MR) is 69.5 cm³/mol. The topological polar surface area (TPSA) is 108 Å². The average Bonchev–Trinajstić information content (AvgIpc) is 2.85. The fraction of sp³-hybridized carbons (Fsp3) is 0.273. The zero-order chi connectivity index (χ0) is 14.0. The molecule has 1 amide bonds. The zero-order valence-electron chi connectivity index (χ0n) is 10.4. The number of aromatic carboxylic acids is 1. The van der Waals surface area contributed by atoms with Crippen molar-refractivity contribution in [2.45, 2.75) is 20.3 Å². The van der Waals surface area contributed by atoms with Crippen molar-refractivity contribution in [3.8, 4) is 0 Å². The van der Waals surface area contributed by atoms with E-state index in [1.807, 2.05) is 6.92 Å². The van der Waals surface area contributed by atoms with Gasteiger partial charge in [-0.05, 0) is 13.8 Å². The molecule has 2 aromatic rings. The van der Waals surface area contributed by atoms with Crippen LogP contribution in [0.15, 0.2) is 5.38 Å². The summed E-state index contributed by atoms with van der Waals surface area (Å²) in [7, 11) is 0. The van der Waals surface area contributed by atoms with Crippen LogP contribution in [0, 0.1) is 13.8 Å². The maximum atomic E-state index is 11.8. The van der Waals surface area contributed by atoms with Crippen LogP contribution in [0.5, 0.6) is 0 Å². The van der Waals surface area contributed by atoms with Gasteiger partial charge in [-0.15, -0.1) is 11.3 Å². The van der Waals surface area contributed by atoms with E-state index in [0.29, 0.717) is 11.4 Å². The molecule has 0 saturated heterocycles. The smallest absolute Gasteiger partial charge is 0.341 e. The number of amides is 1. The Labute approximate surface area is 112 Å². The summed E-state index contributed by atoms with van der Waals surface area (Å²) in [6.45, 7) is 3.43. The largest absolute Gasteiger partial charge is 0.477 e. The molecule has 100 valence electrons. The number of aromatic amines is 1. The first-order valence-electron chi connectivity index (χ1n) is 5.46. The highest BCUT2D eigenvalue weighted by atomic mass is 32.1. The first kappa shape index (κ1) is 13.2. The molecule has 19 heavy (non-hydrogen) atoms. The molecular weight excluding hydrogens is 268 g/mol. The maximum absolute atomic E-state index is 11.8. The van der Waals surface area contributed by atoms with Crippen LogP contribution in [0.25, 0.3) is 0 Å². The minimum Gasteiger partial charge on any atom is -0.477 e. The standard InChI is InChI=1S/C11H12N4O3S/c1-5-9(11(17)18)10(15-14-5)13-8(16)3-7-4-19-6(2)12-7/h4H,3H2,1-2H3,(H,17,18)(H2,13,14,15,16). The summed E-state index contributed by atoms with van der Waals surface area (Å²) in [4.78, 5) is 27.0. The molecule has 2 rings (SSSR count). The van der Waals surface area contributed by atoms with Gasteiger partial charge in [0, 0.05) is 11.1 Å². The Morgan fingerprint density at radius 1 is 1.47 bits per heavy atom. The number of carboxylic acids is 1. The molecule has 0 bridgehead atoms. The second-order valence-corrected chi connectivity index (χ2v) is 5.02. The van der Waals surface area contributed by atoms with Crippen molar-refractivity contribution in [1.29, 1.82) is 0 Å². The van der Waals surface area contributed by atoms with E-state index in [4.69, 9.17) is 5.11 Å². The minimum atomic E-state index is -1.13. The summed E-state index contributed by atoms with van der Waals surface area (Å²) in [5.74, 6) is -1.45. The lowest BCUT2D eigenvalue weighted by Gasteiger charge is -2.01. The van der Waals surface area contributed by atoms with E-state index in [2.05, 4.69) is 20.5 Å². The van der Waals surface area contributed by atoms with E-state index < -0.39 is 5.97 Å². The summed E-state index contributed by atoms with van der Waals surface area (Å²) in [5, 5.41) is 20.5. The number of aromatic nitrogens is 3. The van der Waals surface area contributed by atoms with Crippen LogP contribution in [-0.2, 0) is 11.2 Å². The summed E-state index contributed by atoms with van der Waals surface area (Å²) in [5.41, 5.74) is 1.03. The number of aryl methyl sites for hydroxylation is 2. The molecule has 2 heterocycles. The van der Waals surface area contributed by atoms with Crippen LogP contribution in [0.4, 0.5) is 5.82 Å². The van der Waals surface area contributed by atoms with Gasteiger partial charge < -0.3 is 10.4 Å². The van der Waals surface area contributed by atoms with Gasteiger partial charge in [0.15, 0.2) is 5.82 Å². The number of carbonyl (C=O) groups is 2. The molecule has 0 aliphatic heterocycles. The third kappa shape index (κ3) is 2.97. The van der Waals surface area contributed by atoms with Crippen LogP contribution in [0.3, 0.4) is 0 Å². The van der Waals surface area contributed by atoms with Gasteiger partial charge in [-0.3, -0.25) is 9.89 Å². The maximum Gasteiger partial charge on any atom is 0.341 e. The van der Waals surface area contributed by atoms with Gasteiger partial charge in [-0.1, -0.05) is 0 Å². The van der Waals surface area contributed by atoms with E-state index in [9.17, 15) is 9.59 Å². The first-order valence-corrected chi connectivity index (χ1v) is 6.34. The summed E-state index contributed by atoms with van der Waals surface area (Å²) in [6, 6.07) is 0. The van der Waals surface area contributed by atoms with Gasteiger partial charge in [-0.2, -0.15) is 5.10 Å². The Kier molecular flexibility index (Phi) is 3.61. The van der Waals surface area contributed by atoms with Crippen molar-refractivity contribution in [3.05, 3.63) is 27.3 Å². The van der Waals surface area contributed by atoms with Gasteiger partial charge in [0.25, 0.3) is 0 Å². The molecule has 0 saturated carbocycles. The molecule has 0 fully saturated rings. The number of anilines is 1. The molecule has 8 heteroatoms. The molecule has 0 aliphatic carbocycles. The fourth-order valence-electron chi connectivity index (χ4n) is 1.61. The first-order chi connectivity index (χ1) is 8.97. The molecule has 0 aliphatic rings. The molecule has 3 N–H and O–H groups in total. The molecule has 0 radical (unpaired) electrons. The lowest BCUT2D eigenvalue weighted by molar-refractivity contribution is -0.115. The zero-order valence-corrected chi connectivity index (χ0v) is 11.2. The molecule has 0 aromatic carbocycles. The Morgan fingerprint density at radius 3 is 2.79 bits per heavy atom. The molecule has 7 nitrogen and oxygen atoms in total. The number of nitrogens with zero attached hydrogens (tertiary/aromatic N) is 2. The average molecular weight is 280 g/mol. The summed E-state index contributed by atoms with van der Waals surface area (Å²) < 4.78 is 0. The lowest BCUT2D eigenvalue weighted by Crippen LogP contribution is -2.17. The minimum absolute atomic E-state index is 0.0252. The SMILES string of the molecule is Cc1nc(CC(=O)Nc2n[nH]c(C)c2C(=O)O)cs1. The van der Waals surface area contributed by atoms with Crippen LogP contribution in [0.1, 0.15) is 26.8 Å². The van der Waals surface area contributed by atoms with E-state index in [1.165, 1.54) is 11.3 Å². The van der Waals surface area contributed by atoms with Crippen molar-refractivity contribution >= 4 is 29.0 Å². The van der Waals surface area contributed by atoms with Gasteiger partial charge in [0.2, 0.25) is 5.91 Å². The highest BCUT2D eigenvalue weighted by molar-refractivity contribution is 7.09. The Bertz CT molecular complexity index is 632. The van der Waals surface area contributed by atoms with Crippen molar-refractivity contribution in [1.82, 2.24) is 15.2 Å². The third-order valence-corrected chi connectivity index (χ3v) is 3.25. The monoisotopic (exact) mass is 280 g/mol. The van der Waals surface area contributed by atoms with Gasteiger partial charge in [0.1, 0.15) is 5.56 Å². The van der Waals surface area contributed by atoms with E-state index in [1.54, 1.807) is 12.3 Å². The molecule has 2 aromatic heterocycles. The molecule has 0 unspecified atom stereocenters. The number of thiazole rings is 1. The number of nitrogens with one attached hydrogen (secondary N) is 2. The normalized spacial score (nSPS) is 10.4. The van der Waals surface area contributed by atoms with Crippen LogP contribution < -0.4 is 5.32 Å². The number of hydrogen-bond acceptors (Lipinski definition) is 5. The summed E-state index contributed by atoms with van der Waals surface area (Å²) in [6.07, 6.45) is 0.0926. The van der Waals surface area contributed by atoms with Gasteiger partial charge in [-0.25, -0.2) is 9.78 Å². The van der Waals surface area contributed by atoms with E-state index >= 15 is 0 Å². The molecule has 0 spiro atoms. The van der Waals surface area contributed by atoms with Gasteiger partial charge >= 0.3 is 5.97 Å². The Balaban J connectivity index is 2.09. The second kappa shape index (κ2) is 5.19. The Morgan fingerprint density at radius 2 is 2.21 bits per heavy atom. The number of carboxylic acid groups (broad SMARTS) is 1. The van der Waals surface area contributed by atoms with Crippen LogP contribution >= 0.6 is 11.3 Å². The van der Waals surface area contributed by atoms with Crippen molar-refractivity contribution in [2.75, 3.05) is 5.32 Å². The highest BCUT2D eigenvalue weighted by Gasteiger charge is 2.19. The summed E-state index contributed by atoms with van der Waals surface area (Å²) >= 11 is 1.46. The van der Waals surface area contributed by atoms with Crippen molar-refractivity contribution < 1.29 is 14.7 Å². The number of rotatable bonds is 4. The van der Waals surface area contributed by atoms with Gasteiger partial charge in [0.05, 0.1) is 17.1 Å². The molecular formula is C11H12N4O3S. The lowest BCUT2D eigenvalue weighted by atomic mass is 10.2. The fourth-order valence-corrected chi connectivity index (χ4v) is 2.22. The quantitative estimate of drug-likeness (QED) is 0.783. The van der Waals surface area contributed by atoms with Crippen molar-refractivity contribution in [3.63, 3.8) is 0 Å². The number of carbonyl (C=O) groups excluding carboxylic acids is 1. The van der Waals surface area contributed by atoms with Crippen LogP contribution in [-0.4, -0.2) is 32.2 Å². The highest BCUT2D eigenvalue weighted by Crippen LogP contribution is 2.16. The van der Waals surface area contributed by atoms with Crippen LogP contribution in [0.2, 0.25) is 0 Å². The second-order valence-electron chi connectivity index (χ2n) is 3.96. The Hall–Kier alpha value is -2.22. The number of hydrogen-bond donors (Lipinski definition) is 3. The third-order valence-electron chi connectivity index (χ3n) is 2.43. The van der Waals surface area contributed by atoms with E-state index in [0.717, 1.165) is 5.01 Å². The predicted octanol–water partition coefficient (Wildman–Crippen LogP) is 1.36. The van der Waals surface area contributed by atoms with E-state index in [-0.39, 0.29) is 23.7 Å². The molecule has 0 atom stereocenters. The van der Waals surface area contributed by atoms with Crippen molar-refractivity contribution in [2.24, 2.45) is 0 Å². The number of H-pyrrole nitrogens is 1.